The molecule has 0 saturated carbocycles. The molecule has 1 N–H and O–H groups in total. The third-order valence-corrected chi connectivity index (χ3v) is 5.65. The highest BCUT2D eigenvalue weighted by Gasteiger charge is 2.29. The predicted octanol–water partition coefficient (Wildman–Crippen LogP) is 3.92. The van der Waals surface area contributed by atoms with Crippen LogP contribution < -0.4 is 5.32 Å². The highest BCUT2D eigenvalue weighted by atomic mass is 35.5. The molecule has 2 heterocycles. The lowest BCUT2D eigenvalue weighted by atomic mass is 9.95. The van der Waals surface area contributed by atoms with Crippen LogP contribution in [0, 0.1) is 5.92 Å². The maximum atomic E-state index is 12.5. The molecule has 2 aliphatic heterocycles. The molecule has 140 valence electrons. The number of carbonyl (C=O) groups excluding carboxylic acids is 1. The second-order valence-electron chi connectivity index (χ2n) is 6.61. The number of piperidine rings is 2. The molecule has 7 heteroatoms. The third-order valence-electron chi connectivity index (χ3n) is 4.91. The molecular formula is C18H25Cl3N2O2. The molecule has 4 nitrogen and oxygen atoms in total. The first kappa shape index (κ1) is 20.8. The lowest BCUT2D eigenvalue weighted by molar-refractivity contribution is -0.139. The highest BCUT2D eigenvalue weighted by Crippen LogP contribution is 2.24. The minimum absolute atomic E-state index is 0. The number of amides is 1. The van der Waals surface area contributed by atoms with Gasteiger partial charge in [-0.2, -0.15) is 0 Å². The van der Waals surface area contributed by atoms with Crippen molar-refractivity contribution in [3.05, 3.63) is 33.8 Å². The van der Waals surface area contributed by atoms with Crippen LogP contribution in [0.25, 0.3) is 0 Å². The van der Waals surface area contributed by atoms with E-state index in [-0.39, 0.29) is 24.4 Å². The molecule has 3 rings (SSSR count). The van der Waals surface area contributed by atoms with Crippen LogP contribution in [0.4, 0.5) is 0 Å². The number of hydrogen-bond donors (Lipinski definition) is 1. The second kappa shape index (κ2) is 9.98. The summed E-state index contributed by atoms with van der Waals surface area (Å²) in [6.07, 6.45) is 3.94. The highest BCUT2D eigenvalue weighted by molar-refractivity contribution is 6.42. The number of ether oxygens (including phenoxy) is 1. The molecule has 0 radical (unpaired) electrons. The van der Waals surface area contributed by atoms with Gasteiger partial charge in [0.05, 0.1) is 22.8 Å². The van der Waals surface area contributed by atoms with Crippen LogP contribution in [0.1, 0.15) is 31.2 Å². The number of carbonyl (C=O) groups is 1. The van der Waals surface area contributed by atoms with Crippen LogP contribution in [0.5, 0.6) is 0 Å². The normalized spacial score (nSPS) is 19.5. The first-order valence-corrected chi connectivity index (χ1v) is 9.44. The monoisotopic (exact) mass is 406 g/mol. The van der Waals surface area contributed by atoms with Gasteiger partial charge in [0.1, 0.15) is 0 Å². The summed E-state index contributed by atoms with van der Waals surface area (Å²) in [6, 6.07) is 5.58. The van der Waals surface area contributed by atoms with Crippen molar-refractivity contribution in [2.45, 2.75) is 38.4 Å². The van der Waals surface area contributed by atoms with Crippen LogP contribution >= 0.6 is 35.6 Å². The van der Waals surface area contributed by atoms with Crippen LogP contribution in [-0.2, 0) is 16.1 Å². The summed E-state index contributed by atoms with van der Waals surface area (Å²) in [7, 11) is 0. The van der Waals surface area contributed by atoms with E-state index in [0.29, 0.717) is 22.6 Å². The molecule has 0 unspecified atom stereocenters. The average Bonchev–Trinajstić information content (AvgIpc) is 2.63. The van der Waals surface area contributed by atoms with Crippen molar-refractivity contribution in [3.8, 4) is 0 Å². The molecule has 0 aromatic heterocycles. The number of likely N-dealkylation sites (tertiary alicyclic amines) is 1. The Hall–Kier alpha value is -0.520. The van der Waals surface area contributed by atoms with Crippen molar-refractivity contribution in [2.24, 2.45) is 5.92 Å². The Labute approximate surface area is 165 Å². The molecule has 2 fully saturated rings. The van der Waals surface area contributed by atoms with E-state index in [4.69, 9.17) is 27.9 Å². The number of benzene rings is 1. The molecule has 0 aliphatic carbocycles. The Morgan fingerprint density at radius 1 is 1.12 bits per heavy atom. The van der Waals surface area contributed by atoms with Crippen molar-refractivity contribution < 1.29 is 9.53 Å². The minimum Gasteiger partial charge on any atom is -0.373 e. The van der Waals surface area contributed by atoms with Gasteiger partial charge >= 0.3 is 0 Å². The second-order valence-corrected chi connectivity index (χ2v) is 7.42. The average molecular weight is 408 g/mol. The van der Waals surface area contributed by atoms with E-state index >= 15 is 0 Å². The fourth-order valence-corrected chi connectivity index (χ4v) is 3.73. The van der Waals surface area contributed by atoms with Gasteiger partial charge < -0.3 is 15.0 Å². The summed E-state index contributed by atoms with van der Waals surface area (Å²) < 4.78 is 5.99. The summed E-state index contributed by atoms with van der Waals surface area (Å²) >= 11 is 12.0. The predicted molar refractivity (Wildman–Crippen MR) is 104 cm³/mol. The smallest absolute Gasteiger partial charge is 0.225 e. The van der Waals surface area contributed by atoms with Gasteiger partial charge in [-0.25, -0.2) is 0 Å². The van der Waals surface area contributed by atoms with Gasteiger partial charge in [-0.3, -0.25) is 4.79 Å². The van der Waals surface area contributed by atoms with E-state index in [1.165, 1.54) is 0 Å². The summed E-state index contributed by atoms with van der Waals surface area (Å²) in [6.45, 7) is 4.05. The van der Waals surface area contributed by atoms with Crippen LogP contribution in [0.15, 0.2) is 18.2 Å². The topological polar surface area (TPSA) is 41.6 Å². The standard InChI is InChI=1S/C18H24Cl2N2O2.ClH/c19-16-2-1-13(11-17(16)20)12-24-15-5-9-22(10-6-15)18(23)14-3-7-21-8-4-14;/h1-2,11,14-15,21H,3-10,12H2;1H. The van der Waals surface area contributed by atoms with Crippen molar-refractivity contribution in [3.63, 3.8) is 0 Å². The molecular weight excluding hydrogens is 383 g/mol. The lowest BCUT2D eigenvalue weighted by Crippen LogP contribution is -2.45. The van der Waals surface area contributed by atoms with Crippen LogP contribution in [-0.4, -0.2) is 43.1 Å². The zero-order valence-corrected chi connectivity index (χ0v) is 16.5. The molecule has 0 bridgehead atoms. The molecule has 1 amide bonds. The fourth-order valence-electron chi connectivity index (χ4n) is 3.41. The Balaban J connectivity index is 0.00000225. The molecule has 0 spiro atoms. The Morgan fingerprint density at radius 3 is 2.44 bits per heavy atom. The largest absolute Gasteiger partial charge is 0.373 e. The first-order valence-electron chi connectivity index (χ1n) is 8.68. The SMILES string of the molecule is Cl.O=C(C1CCNCC1)N1CCC(OCc2ccc(Cl)c(Cl)c2)CC1. The summed E-state index contributed by atoms with van der Waals surface area (Å²) in [5.74, 6) is 0.541. The van der Waals surface area contributed by atoms with Crippen molar-refractivity contribution in [1.82, 2.24) is 10.2 Å². The molecule has 25 heavy (non-hydrogen) atoms. The van der Waals surface area contributed by atoms with E-state index in [1.54, 1.807) is 6.07 Å². The molecule has 1 aromatic rings. The zero-order valence-electron chi connectivity index (χ0n) is 14.2. The number of nitrogens with zero attached hydrogens (tertiary/aromatic N) is 1. The Morgan fingerprint density at radius 2 is 1.80 bits per heavy atom. The van der Waals surface area contributed by atoms with E-state index in [2.05, 4.69) is 5.32 Å². The maximum absolute atomic E-state index is 12.5. The molecule has 2 saturated heterocycles. The van der Waals surface area contributed by atoms with Gasteiger partial charge in [0.2, 0.25) is 5.91 Å². The molecule has 2 aliphatic rings. The van der Waals surface area contributed by atoms with Gasteiger partial charge in [-0.15, -0.1) is 12.4 Å². The van der Waals surface area contributed by atoms with E-state index in [9.17, 15) is 4.79 Å². The quantitative estimate of drug-likeness (QED) is 0.822. The summed E-state index contributed by atoms with van der Waals surface area (Å²) in [4.78, 5) is 14.6. The molecule has 1 aromatic carbocycles. The van der Waals surface area contributed by atoms with Gasteiger partial charge in [0.25, 0.3) is 0 Å². The van der Waals surface area contributed by atoms with Crippen LogP contribution in [0.2, 0.25) is 10.0 Å². The number of halogens is 3. The first-order chi connectivity index (χ1) is 11.6. The van der Waals surface area contributed by atoms with Crippen molar-refractivity contribution >= 4 is 41.5 Å². The number of nitrogens with one attached hydrogen (secondary N) is 1. The summed E-state index contributed by atoms with van der Waals surface area (Å²) in [5.41, 5.74) is 1.03. The van der Waals surface area contributed by atoms with Gasteiger partial charge in [-0.1, -0.05) is 29.3 Å². The Bertz CT molecular complexity index is 571. The minimum atomic E-state index is 0. The number of rotatable bonds is 4. The zero-order chi connectivity index (χ0) is 16.9. The Kier molecular flexibility index (Phi) is 8.30. The van der Waals surface area contributed by atoms with Crippen LogP contribution in [0.3, 0.4) is 0 Å². The molecule has 0 atom stereocenters. The summed E-state index contributed by atoms with van der Waals surface area (Å²) in [5, 5.41) is 4.43. The van der Waals surface area contributed by atoms with Crippen molar-refractivity contribution in [2.75, 3.05) is 26.2 Å². The maximum Gasteiger partial charge on any atom is 0.225 e. The van der Waals surface area contributed by atoms with E-state index in [0.717, 1.165) is 57.4 Å². The van der Waals surface area contributed by atoms with Gasteiger partial charge in [0.15, 0.2) is 0 Å². The van der Waals surface area contributed by atoms with Gasteiger partial charge in [0, 0.05) is 19.0 Å². The van der Waals surface area contributed by atoms with E-state index < -0.39 is 0 Å². The lowest BCUT2D eigenvalue weighted by Gasteiger charge is -2.35. The fraction of sp³-hybridized carbons (Fsp3) is 0.611. The number of hydrogen-bond acceptors (Lipinski definition) is 3. The van der Waals surface area contributed by atoms with E-state index in [1.807, 2.05) is 17.0 Å². The van der Waals surface area contributed by atoms with Gasteiger partial charge in [-0.05, 0) is 56.5 Å². The third kappa shape index (κ3) is 5.73. The van der Waals surface area contributed by atoms with Crippen molar-refractivity contribution in [1.29, 1.82) is 0 Å².